The zero-order valence-corrected chi connectivity index (χ0v) is 19.8. The Balaban J connectivity index is 0.00000240. The van der Waals surface area contributed by atoms with Gasteiger partial charge in [-0.15, -0.1) is 0 Å². The van der Waals surface area contributed by atoms with Crippen molar-refractivity contribution in [3.8, 4) is 0 Å². The second-order valence-electron chi connectivity index (χ2n) is 12.2. The normalized spacial score (nSPS) is 44.9. The summed E-state index contributed by atoms with van der Waals surface area (Å²) in [7, 11) is 0. The van der Waals surface area contributed by atoms with Crippen LogP contribution in [0.4, 0.5) is 0 Å². The molecule has 0 radical (unpaired) electrons. The first-order chi connectivity index (χ1) is 13.3. The molecule has 4 rings (SSSR count). The highest BCUT2D eigenvalue weighted by Crippen LogP contribution is 2.67. The number of rotatable bonds is 5. The molecule has 0 aromatic heterocycles. The molecule has 0 aliphatic heterocycles. The second-order valence-corrected chi connectivity index (χ2v) is 12.2. The second kappa shape index (κ2) is 8.65. The Hall–Kier alpha value is -0.340. The third kappa shape index (κ3) is 3.98. The van der Waals surface area contributed by atoms with Gasteiger partial charge in [-0.3, -0.25) is 0 Å². The van der Waals surface area contributed by atoms with Crippen molar-refractivity contribution in [3.05, 3.63) is 11.6 Å². The van der Waals surface area contributed by atoms with Gasteiger partial charge in [0.05, 0.1) is 6.10 Å². The van der Waals surface area contributed by atoms with Gasteiger partial charge in [-0.2, -0.15) is 0 Å². The summed E-state index contributed by atoms with van der Waals surface area (Å²) >= 11 is 0. The Labute approximate surface area is 180 Å². The summed E-state index contributed by atoms with van der Waals surface area (Å²) in [4.78, 5) is 0. The zero-order valence-electron chi connectivity index (χ0n) is 19.8. The Bertz CT molecular complexity index is 595. The summed E-state index contributed by atoms with van der Waals surface area (Å²) in [6.45, 7) is 12.6. The SMILES string of the molecule is CC(C)CCCC(C)[C@H]1CC[C@H]2[C@@H]3CC=C4C[C@@H](O)CC[C@]4(C)[C@H]3CC[C@]12C.O. The molecule has 3 fully saturated rings. The van der Waals surface area contributed by atoms with Crippen LogP contribution in [0, 0.1) is 46.3 Å². The molecular weight excluding hydrogens is 356 g/mol. The smallest absolute Gasteiger partial charge is 0.0577 e. The van der Waals surface area contributed by atoms with Crippen LogP contribution in [0.25, 0.3) is 0 Å². The number of hydrogen-bond acceptors (Lipinski definition) is 1. The van der Waals surface area contributed by atoms with Crippen LogP contribution < -0.4 is 0 Å². The maximum Gasteiger partial charge on any atom is 0.0577 e. The first-order valence-electron chi connectivity index (χ1n) is 12.6. The average Bonchev–Trinajstić information content (AvgIpc) is 2.99. The number of aliphatic hydroxyl groups is 1. The molecule has 1 unspecified atom stereocenters. The van der Waals surface area contributed by atoms with Crippen LogP contribution in [0.1, 0.15) is 105 Å². The van der Waals surface area contributed by atoms with Gasteiger partial charge >= 0.3 is 0 Å². The van der Waals surface area contributed by atoms with Gasteiger partial charge in [0, 0.05) is 0 Å². The van der Waals surface area contributed by atoms with Crippen molar-refractivity contribution in [2.24, 2.45) is 46.3 Å². The first kappa shape index (κ1) is 23.3. The van der Waals surface area contributed by atoms with E-state index in [9.17, 15) is 5.11 Å². The van der Waals surface area contributed by atoms with Crippen molar-refractivity contribution in [2.75, 3.05) is 0 Å². The molecule has 0 spiro atoms. The molecule has 4 aliphatic rings. The van der Waals surface area contributed by atoms with Crippen LogP contribution in [0.2, 0.25) is 0 Å². The van der Waals surface area contributed by atoms with E-state index in [1.165, 1.54) is 57.8 Å². The molecule has 0 heterocycles. The molecular formula is C27H48O2. The summed E-state index contributed by atoms with van der Waals surface area (Å²) in [5.74, 6) is 5.46. The van der Waals surface area contributed by atoms with Crippen molar-refractivity contribution in [1.82, 2.24) is 0 Å². The molecule has 8 atom stereocenters. The fourth-order valence-corrected chi connectivity index (χ4v) is 8.67. The highest BCUT2D eigenvalue weighted by atomic mass is 16.3. The molecule has 4 aliphatic carbocycles. The fourth-order valence-electron chi connectivity index (χ4n) is 8.67. The van der Waals surface area contributed by atoms with E-state index in [0.717, 1.165) is 48.3 Å². The van der Waals surface area contributed by atoms with Crippen LogP contribution >= 0.6 is 0 Å². The summed E-state index contributed by atoms with van der Waals surface area (Å²) < 4.78 is 0. The third-order valence-corrected chi connectivity index (χ3v) is 10.3. The highest BCUT2D eigenvalue weighted by Gasteiger charge is 2.59. The quantitative estimate of drug-likeness (QED) is 0.518. The van der Waals surface area contributed by atoms with Crippen molar-refractivity contribution in [1.29, 1.82) is 0 Å². The molecule has 3 N–H and O–H groups in total. The predicted molar refractivity (Wildman–Crippen MR) is 123 cm³/mol. The van der Waals surface area contributed by atoms with Gasteiger partial charge in [0.25, 0.3) is 0 Å². The molecule has 168 valence electrons. The third-order valence-electron chi connectivity index (χ3n) is 10.3. The van der Waals surface area contributed by atoms with Crippen molar-refractivity contribution >= 4 is 0 Å². The number of aliphatic hydroxyl groups excluding tert-OH is 1. The lowest BCUT2D eigenvalue weighted by Crippen LogP contribution is -2.50. The van der Waals surface area contributed by atoms with E-state index in [1.54, 1.807) is 5.57 Å². The van der Waals surface area contributed by atoms with Gasteiger partial charge in [0.2, 0.25) is 0 Å². The Kier molecular flexibility index (Phi) is 6.96. The van der Waals surface area contributed by atoms with Gasteiger partial charge in [-0.25, -0.2) is 0 Å². The minimum absolute atomic E-state index is 0. The lowest BCUT2D eigenvalue weighted by atomic mass is 9.47. The summed E-state index contributed by atoms with van der Waals surface area (Å²) in [5, 5.41) is 10.2. The van der Waals surface area contributed by atoms with Crippen molar-refractivity contribution < 1.29 is 10.6 Å². The van der Waals surface area contributed by atoms with Gasteiger partial charge in [0.1, 0.15) is 0 Å². The molecule has 0 amide bonds. The minimum atomic E-state index is -0.0766. The predicted octanol–water partition coefficient (Wildman–Crippen LogP) is 6.56. The fraction of sp³-hybridized carbons (Fsp3) is 0.926. The van der Waals surface area contributed by atoms with E-state index in [-0.39, 0.29) is 11.6 Å². The van der Waals surface area contributed by atoms with Crippen LogP contribution in [0.15, 0.2) is 11.6 Å². The largest absolute Gasteiger partial charge is 0.412 e. The molecule has 0 bridgehead atoms. The van der Waals surface area contributed by atoms with Crippen LogP contribution in [0.3, 0.4) is 0 Å². The van der Waals surface area contributed by atoms with E-state index >= 15 is 0 Å². The summed E-state index contributed by atoms with van der Waals surface area (Å²) in [6.07, 6.45) is 17.2. The lowest BCUT2D eigenvalue weighted by Gasteiger charge is -2.58. The Morgan fingerprint density at radius 1 is 1.00 bits per heavy atom. The molecule has 29 heavy (non-hydrogen) atoms. The molecule has 2 heteroatoms. The van der Waals surface area contributed by atoms with Crippen LogP contribution in [-0.2, 0) is 0 Å². The number of allylic oxidation sites excluding steroid dienone is 1. The molecule has 0 saturated heterocycles. The summed E-state index contributed by atoms with van der Waals surface area (Å²) in [6, 6.07) is 0. The lowest BCUT2D eigenvalue weighted by molar-refractivity contribution is -0.0573. The summed E-state index contributed by atoms with van der Waals surface area (Å²) in [5.41, 5.74) is 2.60. The Morgan fingerprint density at radius 3 is 2.48 bits per heavy atom. The average molecular weight is 405 g/mol. The van der Waals surface area contributed by atoms with Crippen molar-refractivity contribution in [3.63, 3.8) is 0 Å². The number of fused-ring (bicyclic) bond motifs is 5. The van der Waals surface area contributed by atoms with Gasteiger partial charge in [-0.05, 0) is 97.7 Å². The van der Waals surface area contributed by atoms with Crippen LogP contribution in [0.5, 0.6) is 0 Å². The van der Waals surface area contributed by atoms with Gasteiger partial charge in [0.15, 0.2) is 0 Å². The van der Waals surface area contributed by atoms with Gasteiger partial charge < -0.3 is 10.6 Å². The molecule has 2 nitrogen and oxygen atoms in total. The van der Waals surface area contributed by atoms with E-state index < -0.39 is 0 Å². The molecule has 0 aromatic carbocycles. The van der Waals surface area contributed by atoms with Crippen LogP contribution in [-0.4, -0.2) is 16.7 Å². The Morgan fingerprint density at radius 2 is 1.76 bits per heavy atom. The highest BCUT2D eigenvalue weighted by molar-refractivity contribution is 5.25. The maximum absolute atomic E-state index is 10.2. The standard InChI is InChI=1S/C27H46O.H2O/c1-18(2)7-6-8-19(3)23-11-12-24-22-10-9-20-17-21(28)13-15-26(20,4)25(22)14-16-27(23,24)5;/h9,18-19,21-25,28H,6-8,10-17H2,1-5H3;1H2/t19?,21-,22-,23+,24-,25-,26-,27+;/m0./s1. The molecule has 0 aromatic rings. The topological polar surface area (TPSA) is 51.7 Å². The monoisotopic (exact) mass is 404 g/mol. The minimum Gasteiger partial charge on any atom is -0.412 e. The zero-order chi connectivity index (χ0) is 20.1. The van der Waals surface area contributed by atoms with E-state index in [1.807, 2.05) is 0 Å². The van der Waals surface area contributed by atoms with Gasteiger partial charge in [-0.1, -0.05) is 65.5 Å². The molecule has 3 saturated carbocycles. The van der Waals surface area contributed by atoms with Crippen molar-refractivity contribution in [2.45, 2.75) is 111 Å². The van der Waals surface area contributed by atoms with E-state index in [4.69, 9.17) is 0 Å². The number of hydrogen-bond donors (Lipinski definition) is 1. The van der Waals surface area contributed by atoms with E-state index in [2.05, 4.69) is 40.7 Å². The van der Waals surface area contributed by atoms with E-state index in [0.29, 0.717) is 10.8 Å². The maximum atomic E-state index is 10.2. The first-order valence-corrected chi connectivity index (χ1v) is 12.6.